The summed E-state index contributed by atoms with van der Waals surface area (Å²) in [4.78, 5) is 26.9. The normalized spacial score (nSPS) is 10.7. The SMILES string of the molecule is C=CCN(C(=O)Cn1c(=O)n(C)c2ccccc21)c1ccccc1. The van der Waals surface area contributed by atoms with Gasteiger partial charge in [-0.3, -0.25) is 13.9 Å². The molecule has 0 spiro atoms. The summed E-state index contributed by atoms with van der Waals surface area (Å²) in [6.07, 6.45) is 1.68. The highest BCUT2D eigenvalue weighted by Crippen LogP contribution is 2.16. The average molecular weight is 321 g/mol. The molecule has 0 aliphatic rings. The van der Waals surface area contributed by atoms with Gasteiger partial charge < -0.3 is 4.90 Å². The number of aromatic nitrogens is 2. The van der Waals surface area contributed by atoms with Gasteiger partial charge in [-0.1, -0.05) is 36.4 Å². The van der Waals surface area contributed by atoms with Gasteiger partial charge in [-0.05, 0) is 24.3 Å². The van der Waals surface area contributed by atoms with Gasteiger partial charge in [0.1, 0.15) is 6.54 Å². The van der Waals surface area contributed by atoms with Crippen molar-refractivity contribution < 1.29 is 4.79 Å². The summed E-state index contributed by atoms with van der Waals surface area (Å²) >= 11 is 0. The van der Waals surface area contributed by atoms with Crippen LogP contribution in [0.5, 0.6) is 0 Å². The number of imidazole rings is 1. The molecule has 24 heavy (non-hydrogen) atoms. The lowest BCUT2D eigenvalue weighted by molar-refractivity contribution is -0.119. The fraction of sp³-hybridized carbons (Fsp3) is 0.158. The minimum absolute atomic E-state index is 0.0110. The van der Waals surface area contributed by atoms with Gasteiger partial charge in [0, 0.05) is 19.3 Å². The summed E-state index contributed by atoms with van der Waals surface area (Å²) < 4.78 is 3.07. The molecule has 1 heterocycles. The highest BCUT2D eigenvalue weighted by Gasteiger charge is 2.18. The van der Waals surface area contributed by atoms with Crippen LogP contribution in [0.4, 0.5) is 5.69 Å². The Morgan fingerprint density at radius 1 is 1.08 bits per heavy atom. The molecule has 1 amide bonds. The third-order valence-corrected chi connectivity index (χ3v) is 4.03. The van der Waals surface area contributed by atoms with Gasteiger partial charge in [-0.15, -0.1) is 6.58 Å². The molecule has 122 valence electrons. The van der Waals surface area contributed by atoms with Gasteiger partial charge in [0.15, 0.2) is 0 Å². The van der Waals surface area contributed by atoms with Crippen molar-refractivity contribution >= 4 is 22.6 Å². The average Bonchev–Trinajstić information content (AvgIpc) is 2.85. The number of fused-ring (bicyclic) bond motifs is 1. The second-order valence-corrected chi connectivity index (χ2v) is 5.55. The molecule has 0 fully saturated rings. The van der Waals surface area contributed by atoms with E-state index in [0.29, 0.717) is 6.54 Å². The van der Waals surface area contributed by atoms with Crippen LogP contribution in [0, 0.1) is 0 Å². The second kappa shape index (κ2) is 6.58. The zero-order valence-corrected chi connectivity index (χ0v) is 13.6. The molecule has 0 aliphatic heterocycles. The fourth-order valence-corrected chi connectivity index (χ4v) is 2.82. The summed E-state index contributed by atoms with van der Waals surface area (Å²) in [6.45, 7) is 4.10. The Balaban J connectivity index is 1.98. The number of para-hydroxylation sites is 3. The van der Waals surface area contributed by atoms with Gasteiger partial charge in [-0.2, -0.15) is 0 Å². The predicted molar refractivity (Wildman–Crippen MR) is 96.2 cm³/mol. The lowest BCUT2D eigenvalue weighted by Crippen LogP contribution is -2.36. The van der Waals surface area contributed by atoms with E-state index in [9.17, 15) is 9.59 Å². The Morgan fingerprint density at radius 3 is 2.38 bits per heavy atom. The molecule has 0 N–H and O–H groups in total. The molecule has 2 aromatic carbocycles. The molecule has 0 saturated carbocycles. The molecule has 0 bridgehead atoms. The Morgan fingerprint density at radius 2 is 1.71 bits per heavy atom. The predicted octanol–water partition coefficient (Wildman–Crippen LogP) is 2.56. The van der Waals surface area contributed by atoms with Gasteiger partial charge in [0.25, 0.3) is 0 Å². The van der Waals surface area contributed by atoms with Crippen LogP contribution in [-0.4, -0.2) is 21.6 Å². The first-order chi connectivity index (χ1) is 11.6. The van der Waals surface area contributed by atoms with Crippen molar-refractivity contribution in [3.63, 3.8) is 0 Å². The summed E-state index contributed by atoms with van der Waals surface area (Å²) in [5.41, 5.74) is 2.15. The van der Waals surface area contributed by atoms with E-state index >= 15 is 0 Å². The number of hydrogen-bond donors (Lipinski definition) is 0. The van der Waals surface area contributed by atoms with Crippen molar-refractivity contribution in [1.82, 2.24) is 9.13 Å². The van der Waals surface area contributed by atoms with E-state index < -0.39 is 0 Å². The largest absolute Gasteiger partial charge is 0.329 e. The second-order valence-electron chi connectivity index (χ2n) is 5.55. The monoisotopic (exact) mass is 321 g/mol. The number of nitrogens with zero attached hydrogens (tertiary/aromatic N) is 3. The van der Waals surface area contributed by atoms with Gasteiger partial charge in [0.2, 0.25) is 5.91 Å². The van der Waals surface area contributed by atoms with E-state index in [1.54, 1.807) is 22.6 Å². The Hall–Kier alpha value is -3.08. The van der Waals surface area contributed by atoms with Crippen molar-refractivity contribution in [2.75, 3.05) is 11.4 Å². The standard InChI is InChI=1S/C19H19N3O2/c1-3-13-21(15-9-5-4-6-10-15)18(23)14-22-17-12-8-7-11-16(17)20(2)19(22)24/h3-12H,1,13-14H2,2H3. The van der Waals surface area contributed by atoms with Crippen LogP contribution in [0.25, 0.3) is 11.0 Å². The van der Waals surface area contributed by atoms with Gasteiger partial charge in [0.05, 0.1) is 11.0 Å². The first-order valence-electron chi connectivity index (χ1n) is 7.74. The smallest absolute Gasteiger partial charge is 0.307 e. The van der Waals surface area contributed by atoms with Crippen molar-refractivity contribution in [1.29, 1.82) is 0 Å². The fourth-order valence-electron chi connectivity index (χ4n) is 2.82. The lowest BCUT2D eigenvalue weighted by Gasteiger charge is -2.21. The van der Waals surface area contributed by atoms with Crippen molar-refractivity contribution in [3.05, 3.63) is 77.7 Å². The number of benzene rings is 2. The number of carbonyl (C=O) groups is 1. The molecule has 0 radical (unpaired) electrons. The highest BCUT2D eigenvalue weighted by atomic mass is 16.2. The number of rotatable bonds is 5. The molecule has 0 unspecified atom stereocenters. The molecule has 5 heteroatoms. The Bertz CT molecular complexity index is 938. The molecule has 0 saturated heterocycles. The van der Waals surface area contributed by atoms with Gasteiger partial charge in [-0.25, -0.2) is 4.79 Å². The summed E-state index contributed by atoms with van der Waals surface area (Å²) in [5.74, 6) is -0.153. The van der Waals surface area contributed by atoms with E-state index in [1.165, 1.54) is 4.57 Å². The molecule has 0 atom stereocenters. The number of carbonyl (C=O) groups excluding carboxylic acids is 1. The van der Waals surface area contributed by atoms with Gasteiger partial charge >= 0.3 is 5.69 Å². The Labute approximate surface area is 140 Å². The van der Waals surface area contributed by atoms with E-state index in [-0.39, 0.29) is 18.1 Å². The molecule has 5 nitrogen and oxygen atoms in total. The van der Waals surface area contributed by atoms with Crippen LogP contribution in [0.1, 0.15) is 0 Å². The summed E-state index contributed by atoms with van der Waals surface area (Å²) in [7, 11) is 1.71. The lowest BCUT2D eigenvalue weighted by atomic mass is 10.2. The third kappa shape index (κ3) is 2.76. The van der Waals surface area contributed by atoms with Crippen LogP contribution < -0.4 is 10.6 Å². The summed E-state index contributed by atoms with van der Waals surface area (Å²) in [5, 5.41) is 0. The maximum atomic E-state index is 12.8. The maximum Gasteiger partial charge on any atom is 0.329 e. The highest BCUT2D eigenvalue weighted by molar-refractivity contribution is 5.94. The molecule has 1 aromatic heterocycles. The van der Waals surface area contributed by atoms with Crippen LogP contribution in [-0.2, 0) is 18.4 Å². The number of hydrogen-bond acceptors (Lipinski definition) is 2. The number of amides is 1. The molecule has 3 aromatic rings. The van der Waals surface area contributed by atoms with Crippen LogP contribution in [0.2, 0.25) is 0 Å². The van der Waals surface area contributed by atoms with E-state index in [1.807, 2.05) is 54.6 Å². The van der Waals surface area contributed by atoms with E-state index in [2.05, 4.69) is 6.58 Å². The molecule has 3 rings (SSSR count). The maximum absolute atomic E-state index is 12.8. The molecular formula is C19H19N3O2. The Kier molecular flexibility index (Phi) is 4.33. The van der Waals surface area contributed by atoms with E-state index in [4.69, 9.17) is 0 Å². The first kappa shape index (κ1) is 15.8. The zero-order chi connectivity index (χ0) is 17.1. The van der Waals surface area contributed by atoms with E-state index in [0.717, 1.165) is 16.7 Å². The minimum Gasteiger partial charge on any atom is -0.307 e. The van der Waals surface area contributed by atoms with Crippen molar-refractivity contribution in [2.24, 2.45) is 7.05 Å². The van der Waals surface area contributed by atoms with Crippen molar-refractivity contribution in [2.45, 2.75) is 6.54 Å². The molecular weight excluding hydrogens is 302 g/mol. The third-order valence-electron chi connectivity index (χ3n) is 4.03. The summed E-state index contributed by atoms with van der Waals surface area (Å²) in [6, 6.07) is 16.9. The van der Waals surface area contributed by atoms with Crippen LogP contribution in [0.15, 0.2) is 72.0 Å². The topological polar surface area (TPSA) is 47.2 Å². The number of aryl methyl sites for hydroxylation is 1. The van der Waals surface area contributed by atoms with Crippen LogP contribution >= 0.6 is 0 Å². The quantitative estimate of drug-likeness (QED) is 0.678. The first-order valence-corrected chi connectivity index (χ1v) is 7.74. The van der Waals surface area contributed by atoms with Crippen molar-refractivity contribution in [3.8, 4) is 0 Å². The van der Waals surface area contributed by atoms with Crippen LogP contribution in [0.3, 0.4) is 0 Å². The number of anilines is 1. The molecule has 0 aliphatic carbocycles. The minimum atomic E-state index is -0.198. The zero-order valence-electron chi connectivity index (χ0n) is 13.6.